The molecule has 0 heterocycles. The van der Waals surface area contributed by atoms with Crippen LogP contribution in [0.4, 0.5) is 0 Å². The molecule has 6 saturated carbocycles. The van der Waals surface area contributed by atoms with Gasteiger partial charge in [-0.15, -0.1) is 0 Å². The second kappa shape index (κ2) is 20.3. The molecule has 0 aliphatic heterocycles. The highest BCUT2D eigenvalue weighted by Crippen LogP contribution is 2.43. The van der Waals surface area contributed by atoms with Gasteiger partial charge in [0.1, 0.15) is 0 Å². The second-order valence-electron chi connectivity index (χ2n) is 18.8. The van der Waals surface area contributed by atoms with Crippen molar-refractivity contribution < 1.29 is 0 Å². The van der Waals surface area contributed by atoms with Crippen LogP contribution in [0, 0.1) is 0 Å². The maximum atomic E-state index is 3.03. The molecule has 0 unspecified atom stereocenters. The van der Waals surface area contributed by atoms with Crippen LogP contribution in [0.5, 0.6) is 0 Å². The molecule has 0 amide bonds. The van der Waals surface area contributed by atoms with Crippen LogP contribution in [0.15, 0.2) is 36.4 Å². The van der Waals surface area contributed by atoms with Gasteiger partial charge in [-0.2, -0.15) is 0 Å². The van der Waals surface area contributed by atoms with E-state index in [1.165, 1.54) is 209 Å². The molecule has 6 aliphatic rings. The molecular weight excluding hydrogens is 655 g/mol. The first-order valence-electron chi connectivity index (χ1n) is 24.2. The van der Waals surface area contributed by atoms with Crippen LogP contribution in [0.1, 0.15) is 230 Å². The van der Waals surface area contributed by atoms with E-state index in [2.05, 4.69) is 71.9 Å². The van der Waals surface area contributed by atoms with Crippen LogP contribution < -0.4 is 0 Å². The highest BCUT2D eigenvalue weighted by molar-refractivity contribution is 5.78. The molecule has 0 aromatic heterocycles. The number of benzene rings is 1. The summed E-state index contributed by atoms with van der Waals surface area (Å²) < 4.78 is 0. The van der Waals surface area contributed by atoms with Crippen molar-refractivity contribution in [1.29, 1.82) is 0 Å². The van der Waals surface area contributed by atoms with E-state index in [0.29, 0.717) is 36.3 Å². The fourth-order valence-electron chi connectivity index (χ4n) is 12.7. The molecule has 0 saturated heterocycles. The first kappa shape index (κ1) is 40.1. The number of hydrogen-bond donors (Lipinski definition) is 0. The van der Waals surface area contributed by atoms with E-state index >= 15 is 0 Å². The van der Waals surface area contributed by atoms with E-state index in [0.717, 1.165) is 0 Å². The van der Waals surface area contributed by atoms with Gasteiger partial charge in [0.15, 0.2) is 0 Å². The Hall–Kier alpha value is -2.16. The lowest BCUT2D eigenvalue weighted by Gasteiger charge is -2.46. The van der Waals surface area contributed by atoms with Gasteiger partial charge in [0.25, 0.3) is 0 Å². The summed E-state index contributed by atoms with van der Waals surface area (Å²) in [6.07, 6.45) is 49.4. The highest BCUT2D eigenvalue weighted by atomic mass is 15.2. The first-order chi connectivity index (χ1) is 26.7. The van der Waals surface area contributed by atoms with Crippen molar-refractivity contribution in [3.05, 3.63) is 53.1 Å². The molecule has 6 aliphatic carbocycles. The highest BCUT2D eigenvalue weighted by Gasteiger charge is 2.35. The van der Waals surface area contributed by atoms with Gasteiger partial charge in [0.2, 0.25) is 0 Å². The third-order valence-corrected chi connectivity index (χ3v) is 15.3. The third kappa shape index (κ3) is 9.50. The first-order valence-corrected chi connectivity index (χ1v) is 24.2. The van der Waals surface area contributed by atoms with Gasteiger partial charge < -0.3 is 14.7 Å². The Morgan fingerprint density at radius 1 is 0.315 bits per heavy atom. The number of hydrogen-bond acceptors (Lipinski definition) is 3. The molecule has 0 atom stereocenters. The molecule has 1 aromatic rings. The van der Waals surface area contributed by atoms with E-state index in [4.69, 9.17) is 0 Å². The van der Waals surface area contributed by atoms with E-state index in [1.54, 1.807) is 17.1 Å². The van der Waals surface area contributed by atoms with Crippen molar-refractivity contribution in [2.45, 2.75) is 250 Å². The van der Waals surface area contributed by atoms with Crippen molar-refractivity contribution in [1.82, 2.24) is 14.7 Å². The van der Waals surface area contributed by atoms with Crippen molar-refractivity contribution in [2.24, 2.45) is 0 Å². The summed E-state index contributed by atoms with van der Waals surface area (Å²) in [7, 11) is 0. The molecule has 6 fully saturated rings. The smallest absolute Gasteiger partial charge is 0.0401 e. The third-order valence-electron chi connectivity index (χ3n) is 15.3. The van der Waals surface area contributed by atoms with Gasteiger partial charge in [-0.3, -0.25) is 0 Å². The Labute approximate surface area is 333 Å². The SMILES string of the molecule is C/C=C(\c1cc(/C(=C\C)N(C2CCCCC2)C2CCCCC2)cc(/C(=C\C)N(C2CCCCC2)C2CCCCC2)c1)N(C1CCCCC1)C1CCCCC1. The van der Waals surface area contributed by atoms with Gasteiger partial charge >= 0.3 is 0 Å². The van der Waals surface area contributed by atoms with Crippen molar-refractivity contribution in [3.63, 3.8) is 0 Å². The number of allylic oxidation sites excluding steroid dienone is 3. The normalized spacial score (nSPS) is 24.8. The minimum atomic E-state index is 0.685. The zero-order valence-corrected chi connectivity index (χ0v) is 35.5. The van der Waals surface area contributed by atoms with Crippen molar-refractivity contribution >= 4 is 17.1 Å². The standard InChI is InChI=1S/C51H81N3/c1-4-49(52(43-25-13-7-14-26-43)44-27-15-8-16-28-44)40-37-41(50(5-2)53(45-29-17-9-18-30-45)46-31-19-10-20-32-46)39-42(38-40)51(6-3)54(47-33-21-11-22-34-47)48-35-23-12-24-36-48/h4-6,37-39,43-48H,7-36H2,1-3H3/b49-4+,50-5+,51-6+. The molecule has 0 N–H and O–H groups in total. The number of rotatable bonds is 12. The molecule has 1 aromatic carbocycles. The molecule has 3 nitrogen and oxygen atoms in total. The van der Waals surface area contributed by atoms with Gasteiger partial charge in [0.05, 0.1) is 0 Å². The monoisotopic (exact) mass is 736 g/mol. The zero-order valence-electron chi connectivity index (χ0n) is 35.5. The zero-order chi connectivity index (χ0) is 37.1. The fourth-order valence-corrected chi connectivity index (χ4v) is 12.7. The van der Waals surface area contributed by atoms with Crippen LogP contribution in [0.3, 0.4) is 0 Å². The Morgan fingerprint density at radius 3 is 0.630 bits per heavy atom. The van der Waals surface area contributed by atoms with Gasteiger partial charge in [-0.05, 0) is 133 Å². The van der Waals surface area contributed by atoms with Crippen molar-refractivity contribution in [2.75, 3.05) is 0 Å². The topological polar surface area (TPSA) is 9.72 Å². The van der Waals surface area contributed by atoms with E-state index < -0.39 is 0 Å². The summed E-state index contributed by atoms with van der Waals surface area (Å²) in [6, 6.07) is 12.2. The lowest BCUT2D eigenvalue weighted by Crippen LogP contribution is -2.45. The predicted octanol–water partition coefficient (Wildman–Crippen LogP) is 14.7. The van der Waals surface area contributed by atoms with Crippen LogP contribution in [0.2, 0.25) is 0 Å². The predicted molar refractivity (Wildman–Crippen MR) is 234 cm³/mol. The Kier molecular flexibility index (Phi) is 15.1. The van der Waals surface area contributed by atoms with Crippen LogP contribution in [-0.4, -0.2) is 51.0 Å². The van der Waals surface area contributed by atoms with Gasteiger partial charge in [-0.1, -0.05) is 134 Å². The maximum absolute atomic E-state index is 3.03. The minimum absolute atomic E-state index is 0.685. The fraction of sp³-hybridized carbons (Fsp3) is 0.765. The van der Waals surface area contributed by atoms with Crippen LogP contribution >= 0.6 is 0 Å². The molecular formula is C51H81N3. The maximum Gasteiger partial charge on any atom is 0.0401 e. The Morgan fingerprint density at radius 2 is 0.481 bits per heavy atom. The molecule has 0 spiro atoms. The molecule has 3 heteroatoms. The van der Waals surface area contributed by atoms with Crippen LogP contribution in [0.25, 0.3) is 17.1 Å². The van der Waals surface area contributed by atoms with E-state index in [-0.39, 0.29) is 0 Å². The summed E-state index contributed by atoms with van der Waals surface area (Å²) in [5.41, 5.74) is 9.14. The largest absolute Gasteiger partial charge is 0.365 e. The lowest BCUT2D eigenvalue weighted by atomic mass is 9.85. The quantitative estimate of drug-likeness (QED) is 0.212. The second-order valence-corrected chi connectivity index (χ2v) is 18.8. The summed E-state index contributed by atoms with van der Waals surface area (Å²) in [4.78, 5) is 9.10. The van der Waals surface area contributed by atoms with Crippen molar-refractivity contribution in [3.8, 4) is 0 Å². The minimum Gasteiger partial charge on any atom is -0.365 e. The lowest BCUT2D eigenvalue weighted by molar-refractivity contribution is 0.145. The van der Waals surface area contributed by atoms with Gasteiger partial charge in [0, 0.05) is 53.3 Å². The molecule has 54 heavy (non-hydrogen) atoms. The van der Waals surface area contributed by atoms with E-state index in [1.807, 2.05) is 0 Å². The Bertz CT molecular complexity index is 1130. The molecule has 300 valence electrons. The van der Waals surface area contributed by atoms with E-state index in [9.17, 15) is 0 Å². The summed E-state index contributed by atoms with van der Waals surface area (Å²) >= 11 is 0. The molecule has 0 radical (unpaired) electrons. The van der Waals surface area contributed by atoms with Gasteiger partial charge in [-0.25, -0.2) is 0 Å². The molecule has 7 rings (SSSR count). The summed E-state index contributed by atoms with van der Waals surface area (Å²) in [6.45, 7) is 7.13. The average Bonchev–Trinajstić information content (AvgIpc) is 3.25. The summed E-state index contributed by atoms with van der Waals surface area (Å²) in [5, 5.41) is 0. The Balaban J connectivity index is 1.37. The number of nitrogens with zero attached hydrogens (tertiary/aromatic N) is 3. The summed E-state index contributed by atoms with van der Waals surface area (Å²) in [5.74, 6) is 0. The molecule has 0 bridgehead atoms. The average molecular weight is 736 g/mol. The van der Waals surface area contributed by atoms with Crippen LogP contribution in [-0.2, 0) is 0 Å².